The van der Waals surface area contributed by atoms with Gasteiger partial charge in [-0.15, -0.1) is 0 Å². The smallest absolute Gasteiger partial charge is 0.253 e. The first-order chi connectivity index (χ1) is 7.33. The summed E-state index contributed by atoms with van der Waals surface area (Å²) in [5.41, 5.74) is 2.23. The van der Waals surface area contributed by atoms with Crippen LogP contribution in [0.3, 0.4) is 0 Å². The van der Waals surface area contributed by atoms with Crippen molar-refractivity contribution >= 4 is 5.91 Å². The normalized spacial score (nSPS) is 19.4. The van der Waals surface area contributed by atoms with Gasteiger partial charge in [0.2, 0.25) is 0 Å². The van der Waals surface area contributed by atoms with E-state index in [2.05, 4.69) is 11.4 Å². The van der Waals surface area contributed by atoms with Crippen LogP contribution in [0.1, 0.15) is 24.2 Å². The Hall–Kier alpha value is -1.35. The first-order valence-electron chi connectivity index (χ1n) is 5.30. The Kier molecular flexibility index (Phi) is 3.02. The van der Waals surface area contributed by atoms with Crippen LogP contribution in [0.25, 0.3) is 0 Å². The summed E-state index contributed by atoms with van der Waals surface area (Å²) in [6.07, 6.45) is 0.474. The van der Waals surface area contributed by atoms with Gasteiger partial charge in [0, 0.05) is 6.54 Å². The molecule has 0 saturated heterocycles. The average molecular weight is 205 g/mol. The molecular weight excluding hydrogens is 190 g/mol. The average Bonchev–Trinajstić information content (AvgIpc) is 2.28. The number of hydrogen-bond acceptors (Lipinski definition) is 2. The van der Waals surface area contributed by atoms with Gasteiger partial charge in [-0.1, -0.05) is 24.3 Å². The SMILES string of the molecule is CCNC(=O)C1OCCc2ccccc21. The number of nitrogens with one attached hydrogen (secondary N) is 1. The van der Waals surface area contributed by atoms with Crippen molar-refractivity contribution < 1.29 is 9.53 Å². The number of carbonyl (C=O) groups excluding carboxylic acids is 1. The Bertz CT molecular complexity index is 362. The fourth-order valence-electron chi connectivity index (χ4n) is 1.88. The van der Waals surface area contributed by atoms with Crippen LogP contribution < -0.4 is 5.32 Å². The second-order valence-electron chi connectivity index (χ2n) is 3.59. The molecule has 1 heterocycles. The predicted octanol–water partition coefficient (Wildman–Crippen LogP) is 1.44. The van der Waals surface area contributed by atoms with Crippen LogP contribution >= 0.6 is 0 Å². The molecule has 1 aliphatic heterocycles. The number of hydrogen-bond donors (Lipinski definition) is 1. The van der Waals surface area contributed by atoms with E-state index in [1.807, 2.05) is 25.1 Å². The lowest BCUT2D eigenvalue weighted by atomic mass is 9.97. The Morgan fingerprint density at radius 1 is 1.53 bits per heavy atom. The van der Waals surface area contributed by atoms with Gasteiger partial charge in [-0.2, -0.15) is 0 Å². The van der Waals surface area contributed by atoms with Gasteiger partial charge in [-0.25, -0.2) is 0 Å². The third kappa shape index (κ3) is 2.02. The lowest BCUT2D eigenvalue weighted by molar-refractivity contribution is -0.133. The van der Waals surface area contributed by atoms with E-state index in [0.29, 0.717) is 13.2 Å². The zero-order chi connectivity index (χ0) is 10.7. The van der Waals surface area contributed by atoms with Gasteiger partial charge >= 0.3 is 0 Å². The fourth-order valence-corrected chi connectivity index (χ4v) is 1.88. The summed E-state index contributed by atoms with van der Waals surface area (Å²) in [5, 5.41) is 2.79. The Balaban J connectivity index is 2.25. The van der Waals surface area contributed by atoms with E-state index in [4.69, 9.17) is 4.74 Å². The quantitative estimate of drug-likeness (QED) is 0.793. The summed E-state index contributed by atoms with van der Waals surface area (Å²) < 4.78 is 5.51. The Morgan fingerprint density at radius 2 is 2.33 bits per heavy atom. The highest BCUT2D eigenvalue weighted by Crippen LogP contribution is 2.26. The Labute approximate surface area is 89.4 Å². The molecule has 0 saturated carbocycles. The van der Waals surface area contributed by atoms with Crippen LogP contribution in [0.15, 0.2) is 24.3 Å². The number of rotatable bonds is 2. The van der Waals surface area contributed by atoms with Gasteiger partial charge in [0.25, 0.3) is 5.91 Å². The molecule has 1 atom stereocenters. The number of fused-ring (bicyclic) bond motifs is 1. The molecule has 1 aliphatic rings. The maximum Gasteiger partial charge on any atom is 0.253 e. The van der Waals surface area contributed by atoms with Crippen molar-refractivity contribution in [3.05, 3.63) is 35.4 Å². The monoisotopic (exact) mass is 205 g/mol. The minimum Gasteiger partial charge on any atom is -0.363 e. The Morgan fingerprint density at radius 3 is 3.13 bits per heavy atom. The van der Waals surface area contributed by atoms with Gasteiger partial charge in [-0.3, -0.25) is 4.79 Å². The van der Waals surface area contributed by atoms with Gasteiger partial charge < -0.3 is 10.1 Å². The van der Waals surface area contributed by atoms with E-state index in [-0.39, 0.29) is 5.91 Å². The van der Waals surface area contributed by atoms with Crippen molar-refractivity contribution in [1.29, 1.82) is 0 Å². The van der Waals surface area contributed by atoms with E-state index >= 15 is 0 Å². The molecule has 1 aromatic carbocycles. The van der Waals surface area contributed by atoms with Gasteiger partial charge in [0.1, 0.15) is 0 Å². The molecule has 0 bridgehead atoms. The van der Waals surface area contributed by atoms with Crippen molar-refractivity contribution in [3.63, 3.8) is 0 Å². The van der Waals surface area contributed by atoms with E-state index in [9.17, 15) is 4.79 Å². The molecule has 1 aromatic rings. The molecule has 2 rings (SSSR count). The van der Waals surface area contributed by atoms with Crippen LogP contribution in [0.4, 0.5) is 0 Å². The zero-order valence-electron chi connectivity index (χ0n) is 8.82. The molecule has 0 aliphatic carbocycles. The maximum absolute atomic E-state index is 11.7. The highest BCUT2D eigenvalue weighted by atomic mass is 16.5. The maximum atomic E-state index is 11.7. The molecule has 15 heavy (non-hydrogen) atoms. The van der Waals surface area contributed by atoms with Crippen LogP contribution in [0.2, 0.25) is 0 Å². The van der Waals surface area contributed by atoms with Crippen molar-refractivity contribution in [2.45, 2.75) is 19.4 Å². The molecular formula is C12H15NO2. The molecule has 1 unspecified atom stereocenters. The fraction of sp³-hybridized carbons (Fsp3) is 0.417. The molecule has 0 aromatic heterocycles. The molecule has 0 spiro atoms. The van der Waals surface area contributed by atoms with Gasteiger partial charge in [0.05, 0.1) is 6.61 Å². The summed E-state index contributed by atoms with van der Waals surface area (Å²) in [6.45, 7) is 3.17. The molecule has 80 valence electrons. The minimum absolute atomic E-state index is 0.0374. The number of likely N-dealkylation sites (N-methyl/N-ethyl adjacent to an activating group) is 1. The lowest BCUT2D eigenvalue weighted by Gasteiger charge is -2.24. The van der Waals surface area contributed by atoms with E-state index in [1.54, 1.807) is 0 Å². The van der Waals surface area contributed by atoms with Crippen molar-refractivity contribution in [2.75, 3.05) is 13.2 Å². The molecule has 3 nitrogen and oxygen atoms in total. The first kappa shape index (κ1) is 10.2. The molecule has 0 fully saturated rings. The van der Waals surface area contributed by atoms with E-state index in [1.165, 1.54) is 5.56 Å². The van der Waals surface area contributed by atoms with Gasteiger partial charge in [0.15, 0.2) is 6.10 Å². The third-order valence-electron chi connectivity index (χ3n) is 2.58. The molecule has 1 N–H and O–H groups in total. The number of ether oxygens (including phenoxy) is 1. The van der Waals surface area contributed by atoms with Crippen LogP contribution in [-0.2, 0) is 16.0 Å². The molecule has 1 amide bonds. The highest BCUT2D eigenvalue weighted by Gasteiger charge is 2.26. The van der Waals surface area contributed by atoms with Crippen molar-refractivity contribution in [3.8, 4) is 0 Å². The van der Waals surface area contributed by atoms with Crippen molar-refractivity contribution in [1.82, 2.24) is 5.32 Å². The number of amides is 1. The summed E-state index contributed by atoms with van der Waals surface area (Å²) in [6, 6.07) is 7.97. The molecule has 3 heteroatoms. The summed E-state index contributed by atoms with van der Waals surface area (Å²) >= 11 is 0. The van der Waals surface area contributed by atoms with Crippen LogP contribution in [-0.4, -0.2) is 19.1 Å². The number of benzene rings is 1. The summed E-state index contributed by atoms with van der Waals surface area (Å²) in [7, 11) is 0. The topological polar surface area (TPSA) is 38.3 Å². The van der Waals surface area contributed by atoms with Crippen LogP contribution in [0.5, 0.6) is 0 Å². The van der Waals surface area contributed by atoms with E-state index in [0.717, 1.165) is 12.0 Å². The lowest BCUT2D eigenvalue weighted by Crippen LogP contribution is -2.33. The predicted molar refractivity (Wildman–Crippen MR) is 57.5 cm³/mol. The second kappa shape index (κ2) is 4.45. The van der Waals surface area contributed by atoms with Crippen LogP contribution in [0, 0.1) is 0 Å². The highest BCUT2D eigenvalue weighted by molar-refractivity contribution is 5.82. The minimum atomic E-state index is -0.421. The second-order valence-corrected chi connectivity index (χ2v) is 3.59. The van der Waals surface area contributed by atoms with Gasteiger partial charge in [-0.05, 0) is 24.5 Å². The zero-order valence-corrected chi connectivity index (χ0v) is 8.82. The summed E-state index contributed by atoms with van der Waals surface area (Å²) in [4.78, 5) is 11.7. The number of carbonyl (C=O) groups is 1. The first-order valence-corrected chi connectivity index (χ1v) is 5.30. The standard InChI is InChI=1S/C12H15NO2/c1-2-13-12(14)11-10-6-4-3-5-9(10)7-8-15-11/h3-6,11H,2,7-8H2,1H3,(H,13,14). The molecule has 0 radical (unpaired) electrons. The third-order valence-corrected chi connectivity index (χ3v) is 2.58. The van der Waals surface area contributed by atoms with E-state index < -0.39 is 6.10 Å². The van der Waals surface area contributed by atoms with Crippen molar-refractivity contribution in [2.24, 2.45) is 0 Å². The summed E-state index contributed by atoms with van der Waals surface area (Å²) in [5.74, 6) is -0.0374. The largest absolute Gasteiger partial charge is 0.363 e.